The lowest BCUT2D eigenvalue weighted by molar-refractivity contribution is -0.101. The van der Waals surface area contributed by atoms with E-state index in [9.17, 15) is 23.3 Å². The van der Waals surface area contributed by atoms with Crippen LogP contribution in [0.5, 0.6) is 5.75 Å². The number of benzene rings is 3. The number of nitrogens with zero attached hydrogens (tertiary/aromatic N) is 1. The average molecular weight is 585 g/mol. The van der Waals surface area contributed by atoms with E-state index in [1.54, 1.807) is 48.5 Å². The number of hydrogen-bond donors (Lipinski definition) is 1. The quantitative estimate of drug-likeness (QED) is 0.432. The van der Waals surface area contributed by atoms with E-state index >= 15 is 0 Å². The van der Waals surface area contributed by atoms with Crippen molar-refractivity contribution in [1.29, 1.82) is 5.26 Å². The molecule has 1 spiro atoms. The van der Waals surface area contributed by atoms with Crippen molar-refractivity contribution in [1.82, 2.24) is 5.32 Å². The number of amides is 1. The Labute approximate surface area is 235 Å². The Morgan fingerprint density at radius 3 is 2.26 bits per heavy atom. The maximum atomic E-state index is 13.4. The predicted molar refractivity (Wildman–Crippen MR) is 145 cm³/mol. The summed E-state index contributed by atoms with van der Waals surface area (Å²) in [6, 6.07) is 18.4. The van der Waals surface area contributed by atoms with Gasteiger partial charge >= 0.3 is 5.97 Å². The van der Waals surface area contributed by atoms with E-state index in [1.165, 1.54) is 18.2 Å². The number of rotatable bonds is 4. The number of halogens is 2. The van der Waals surface area contributed by atoms with Crippen molar-refractivity contribution >= 4 is 44.9 Å². The SMILES string of the molecule is N#Cc1ccc2c(c1)[C@@H](NC(=O)c1cccc(Cl)c1)[C@H](OC(=O)c1cccc(Cl)c1)C1(CCS(=O)(=O)CC1)O2. The van der Waals surface area contributed by atoms with Crippen molar-refractivity contribution in [3.63, 3.8) is 0 Å². The van der Waals surface area contributed by atoms with Crippen molar-refractivity contribution in [3.05, 3.63) is 99.0 Å². The van der Waals surface area contributed by atoms with Gasteiger partial charge in [0.15, 0.2) is 21.5 Å². The van der Waals surface area contributed by atoms with E-state index in [1.807, 2.05) is 0 Å². The number of esters is 1. The van der Waals surface area contributed by atoms with Crippen LogP contribution < -0.4 is 10.1 Å². The maximum absolute atomic E-state index is 13.4. The molecule has 3 aromatic carbocycles. The minimum Gasteiger partial charge on any atom is -0.483 e. The molecule has 0 aromatic heterocycles. The normalized spacial score (nSPS) is 20.6. The Kier molecular flexibility index (Phi) is 7.29. The molecule has 0 aliphatic carbocycles. The Morgan fingerprint density at radius 1 is 0.974 bits per heavy atom. The van der Waals surface area contributed by atoms with Crippen molar-refractivity contribution in [2.24, 2.45) is 0 Å². The van der Waals surface area contributed by atoms with Crippen LogP contribution >= 0.6 is 23.2 Å². The van der Waals surface area contributed by atoms with Gasteiger partial charge in [0.1, 0.15) is 5.75 Å². The van der Waals surface area contributed by atoms with Gasteiger partial charge in [-0.2, -0.15) is 5.26 Å². The lowest BCUT2D eigenvalue weighted by Gasteiger charge is -2.49. The number of sulfone groups is 1. The van der Waals surface area contributed by atoms with Crippen molar-refractivity contribution in [2.75, 3.05) is 11.5 Å². The van der Waals surface area contributed by atoms with Gasteiger partial charge in [-0.3, -0.25) is 4.79 Å². The van der Waals surface area contributed by atoms with Crippen LogP contribution in [-0.2, 0) is 14.6 Å². The number of nitrogens with one attached hydrogen (secondary N) is 1. The highest BCUT2D eigenvalue weighted by atomic mass is 35.5. The fourth-order valence-corrected chi connectivity index (χ4v) is 6.85. The zero-order chi connectivity index (χ0) is 27.8. The summed E-state index contributed by atoms with van der Waals surface area (Å²) in [4.78, 5) is 26.8. The largest absolute Gasteiger partial charge is 0.483 e. The lowest BCUT2D eigenvalue weighted by Crippen LogP contribution is -2.61. The Bertz CT molecular complexity index is 1600. The molecule has 2 aliphatic rings. The molecule has 2 heterocycles. The first-order valence-corrected chi connectivity index (χ1v) is 14.6. The summed E-state index contributed by atoms with van der Waals surface area (Å²) in [6.45, 7) is 0. The van der Waals surface area contributed by atoms with Gasteiger partial charge in [0.25, 0.3) is 5.91 Å². The zero-order valence-electron chi connectivity index (χ0n) is 20.4. The zero-order valence-corrected chi connectivity index (χ0v) is 22.7. The third-order valence-electron chi connectivity index (χ3n) is 6.95. The molecule has 0 bridgehead atoms. The van der Waals surface area contributed by atoms with E-state index in [0.717, 1.165) is 0 Å². The topological polar surface area (TPSA) is 123 Å². The second-order valence-electron chi connectivity index (χ2n) is 9.48. The van der Waals surface area contributed by atoms with E-state index in [2.05, 4.69) is 11.4 Å². The molecule has 0 saturated carbocycles. The summed E-state index contributed by atoms with van der Waals surface area (Å²) in [5, 5.41) is 13.2. The summed E-state index contributed by atoms with van der Waals surface area (Å²) >= 11 is 12.2. The van der Waals surface area contributed by atoms with Gasteiger partial charge in [0.2, 0.25) is 0 Å². The van der Waals surface area contributed by atoms with Crippen LogP contribution in [0.15, 0.2) is 66.7 Å². The molecule has 5 rings (SSSR count). The van der Waals surface area contributed by atoms with Gasteiger partial charge < -0.3 is 14.8 Å². The fraction of sp³-hybridized carbons (Fsp3) is 0.250. The van der Waals surface area contributed by atoms with Gasteiger partial charge in [0, 0.05) is 34.0 Å². The summed E-state index contributed by atoms with van der Waals surface area (Å²) in [7, 11) is -3.33. The van der Waals surface area contributed by atoms with E-state index in [-0.39, 0.29) is 35.5 Å². The predicted octanol–water partition coefficient (Wildman–Crippen LogP) is 4.90. The lowest BCUT2D eigenvalue weighted by atomic mass is 9.79. The Morgan fingerprint density at radius 2 is 1.62 bits per heavy atom. The highest BCUT2D eigenvalue weighted by Gasteiger charge is 2.55. The van der Waals surface area contributed by atoms with E-state index < -0.39 is 39.5 Å². The number of hydrogen-bond acceptors (Lipinski definition) is 7. The molecule has 1 fully saturated rings. The first kappa shape index (κ1) is 27.0. The second kappa shape index (κ2) is 10.5. The summed E-state index contributed by atoms with van der Waals surface area (Å²) < 4.78 is 37.2. The molecule has 200 valence electrons. The third-order valence-corrected chi connectivity index (χ3v) is 9.07. The maximum Gasteiger partial charge on any atom is 0.338 e. The monoisotopic (exact) mass is 584 g/mol. The first-order valence-electron chi connectivity index (χ1n) is 12.1. The van der Waals surface area contributed by atoms with Crippen molar-refractivity contribution < 1.29 is 27.5 Å². The molecule has 2 aliphatic heterocycles. The molecule has 1 N–H and O–H groups in total. The van der Waals surface area contributed by atoms with Crippen molar-refractivity contribution in [2.45, 2.75) is 30.6 Å². The summed E-state index contributed by atoms with van der Waals surface area (Å²) in [5.41, 5.74) is -0.0777. The number of nitriles is 1. The van der Waals surface area contributed by atoms with Crippen LogP contribution in [0.1, 0.15) is 50.7 Å². The molecule has 11 heteroatoms. The smallest absolute Gasteiger partial charge is 0.338 e. The van der Waals surface area contributed by atoms with Gasteiger partial charge in [-0.05, 0) is 54.6 Å². The van der Waals surface area contributed by atoms with Gasteiger partial charge in [-0.15, -0.1) is 0 Å². The van der Waals surface area contributed by atoms with Gasteiger partial charge in [-0.25, -0.2) is 13.2 Å². The number of ether oxygens (including phenoxy) is 2. The molecule has 1 amide bonds. The third kappa shape index (κ3) is 5.59. The first-order chi connectivity index (χ1) is 18.6. The van der Waals surface area contributed by atoms with E-state index in [4.69, 9.17) is 32.7 Å². The van der Waals surface area contributed by atoms with Crippen LogP contribution in [0.4, 0.5) is 0 Å². The molecule has 39 heavy (non-hydrogen) atoms. The molecule has 1 saturated heterocycles. The van der Waals surface area contributed by atoms with Crippen LogP contribution in [0.3, 0.4) is 0 Å². The molecular weight excluding hydrogens is 563 g/mol. The number of fused-ring (bicyclic) bond motifs is 1. The van der Waals surface area contributed by atoms with Crippen LogP contribution in [0.2, 0.25) is 10.0 Å². The Hall–Kier alpha value is -3.58. The van der Waals surface area contributed by atoms with Crippen LogP contribution in [0, 0.1) is 11.3 Å². The van der Waals surface area contributed by atoms with Gasteiger partial charge in [0.05, 0.1) is 34.7 Å². The molecule has 0 unspecified atom stereocenters. The Balaban J connectivity index is 1.62. The van der Waals surface area contributed by atoms with Crippen molar-refractivity contribution in [3.8, 4) is 11.8 Å². The minimum absolute atomic E-state index is 0.0335. The number of carbonyl (C=O) groups is 2. The standard InChI is InChI=1S/C28H22Cl2N2O6S/c29-20-5-1-3-18(14-20)26(33)32-24-22-13-17(16-31)7-8-23(22)38-28(9-11-39(35,36)12-10-28)25(24)37-27(34)19-4-2-6-21(30)15-19/h1-8,13-15,24-25H,9-12H2,(H,32,33)/t24-,25+/m1/s1. The fourth-order valence-electron chi connectivity index (χ4n) is 4.95. The molecule has 3 aromatic rings. The minimum atomic E-state index is -3.33. The average Bonchev–Trinajstić information content (AvgIpc) is 2.92. The van der Waals surface area contributed by atoms with E-state index in [0.29, 0.717) is 26.9 Å². The highest BCUT2D eigenvalue weighted by Crippen LogP contribution is 2.47. The second-order valence-corrected chi connectivity index (χ2v) is 12.7. The van der Waals surface area contributed by atoms with Crippen LogP contribution in [-0.4, -0.2) is 43.5 Å². The molecule has 8 nitrogen and oxygen atoms in total. The molecule has 2 atom stereocenters. The van der Waals surface area contributed by atoms with Crippen LogP contribution in [0.25, 0.3) is 0 Å². The molecule has 0 radical (unpaired) electrons. The summed E-state index contributed by atoms with van der Waals surface area (Å²) in [5.74, 6) is -1.22. The summed E-state index contributed by atoms with van der Waals surface area (Å²) in [6.07, 6.45) is -1.07. The van der Waals surface area contributed by atoms with Gasteiger partial charge in [-0.1, -0.05) is 35.3 Å². The number of carbonyl (C=O) groups excluding carboxylic acids is 2. The molecular formula is C28H22Cl2N2O6S. The highest BCUT2D eigenvalue weighted by molar-refractivity contribution is 7.91.